The number of hydrogen-bond acceptors (Lipinski definition) is 3. The molecule has 0 atom stereocenters. The van der Waals surface area contributed by atoms with E-state index in [0.29, 0.717) is 17.2 Å². The maximum atomic E-state index is 14.3. The van der Waals surface area contributed by atoms with Gasteiger partial charge in [0.2, 0.25) is 5.56 Å². The monoisotopic (exact) mass is 318 g/mol. The first-order valence-corrected chi connectivity index (χ1v) is 6.90. The molecule has 0 radical (unpaired) electrons. The third-order valence-corrected chi connectivity index (χ3v) is 3.51. The van der Waals surface area contributed by atoms with Gasteiger partial charge in [0.05, 0.1) is 5.02 Å². The predicted octanol–water partition coefficient (Wildman–Crippen LogP) is 2.73. The summed E-state index contributed by atoms with van der Waals surface area (Å²) >= 11 is 5.83. The van der Waals surface area contributed by atoms with Gasteiger partial charge in [-0.25, -0.2) is 14.1 Å². The van der Waals surface area contributed by atoms with Crippen molar-refractivity contribution in [3.8, 4) is 17.1 Å². The predicted molar refractivity (Wildman–Crippen MR) is 81.7 cm³/mol. The van der Waals surface area contributed by atoms with Crippen LogP contribution in [-0.2, 0) is 7.05 Å². The molecule has 1 aromatic carbocycles. The van der Waals surface area contributed by atoms with Gasteiger partial charge in [0.25, 0.3) is 0 Å². The van der Waals surface area contributed by atoms with Crippen LogP contribution < -0.4 is 5.56 Å². The molecule has 0 aliphatic carbocycles. The maximum Gasteiger partial charge on any atom is 0.250 e. The quantitative estimate of drug-likeness (QED) is 0.730. The van der Waals surface area contributed by atoms with Crippen molar-refractivity contribution in [1.82, 2.24) is 19.3 Å². The van der Waals surface area contributed by atoms with Crippen LogP contribution >= 0.6 is 11.6 Å². The fourth-order valence-corrected chi connectivity index (χ4v) is 2.32. The minimum Gasteiger partial charge on any atom is -0.318 e. The van der Waals surface area contributed by atoms with Crippen LogP contribution in [0.1, 0.15) is 5.82 Å². The fourth-order valence-electron chi connectivity index (χ4n) is 2.15. The van der Waals surface area contributed by atoms with Crippen LogP contribution in [-0.4, -0.2) is 19.3 Å². The van der Waals surface area contributed by atoms with Gasteiger partial charge in [0.1, 0.15) is 11.5 Å². The molecule has 2 aromatic heterocycles. The molecule has 0 spiro atoms. The lowest BCUT2D eigenvalue weighted by atomic mass is 10.2. The van der Waals surface area contributed by atoms with E-state index >= 15 is 0 Å². The molecule has 0 amide bonds. The third kappa shape index (κ3) is 2.42. The van der Waals surface area contributed by atoms with E-state index in [4.69, 9.17) is 11.6 Å². The second-order valence-electron chi connectivity index (χ2n) is 4.83. The van der Waals surface area contributed by atoms with Crippen LogP contribution in [0.15, 0.2) is 41.3 Å². The highest BCUT2D eigenvalue weighted by Gasteiger charge is 2.16. The van der Waals surface area contributed by atoms with E-state index in [1.807, 2.05) is 0 Å². The van der Waals surface area contributed by atoms with Gasteiger partial charge in [-0.05, 0) is 25.1 Å². The van der Waals surface area contributed by atoms with Gasteiger partial charge in [-0.15, -0.1) is 0 Å². The second-order valence-corrected chi connectivity index (χ2v) is 5.24. The van der Waals surface area contributed by atoms with E-state index in [0.717, 1.165) is 0 Å². The van der Waals surface area contributed by atoms with Crippen LogP contribution in [0.3, 0.4) is 0 Å². The Morgan fingerprint density at radius 2 is 2.00 bits per heavy atom. The second kappa shape index (κ2) is 5.38. The van der Waals surface area contributed by atoms with Crippen molar-refractivity contribution in [1.29, 1.82) is 0 Å². The summed E-state index contributed by atoms with van der Waals surface area (Å²) < 4.78 is 17.1. The summed E-state index contributed by atoms with van der Waals surface area (Å²) in [5, 5.41) is 4.24. The smallest absolute Gasteiger partial charge is 0.250 e. The molecular formula is C15H12ClFN4O. The van der Waals surface area contributed by atoms with E-state index in [1.54, 1.807) is 38.4 Å². The van der Waals surface area contributed by atoms with Crippen molar-refractivity contribution in [2.45, 2.75) is 6.92 Å². The van der Waals surface area contributed by atoms with Gasteiger partial charge in [0.15, 0.2) is 11.6 Å². The van der Waals surface area contributed by atoms with Crippen LogP contribution in [0, 0.1) is 12.7 Å². The minimum atomic E-state index is -0.569. The number of benzene rings is 1. The summed E-state index contributed by atoms with van der Waals surface area (Å²) in [6, 6.07) is 7.74. The Bertz CT molecular complexity index is 916. The zero-order chi connectivity index (χ0) is 15.9. The normalized spacial score (nSPS) is 10.9. The molecule has 112 valence electrons. The van der Waals surface area contributed by atoms with Crippen LogP contribution in [0.4, 0.5) is 4.39 Å². The highest BCUT2D eigenvalue weighted by molar-refractivity contribution is 6.30. The minimum absolute atomic E-state index is 0.0112. The Morgan fingerprint density at radius 1 is 1.23 bits per heavy atom. The molecule has 3 aromatic rings. The van der Waals surface area contributed by atoms with E-state index in [2.05, 4.69) is 10.1 Å². The molecule has 7 heteroatoms. The molecule has 5 nitrogen and oxygen atoms in total. The molecule has 0 fully saturated rings. The van der Waals surface area contributed by atoms with Crippen LogP contribution in [0.5, 0.6) is 0 Å². The van der Waals surface area contributed by atoms with Crippen molar-refractivity contribution in [2.24, 2.45) is 7.05 Å². The average molecular weight is 319 g/mol. The number of aromatic nitrogens is 4. The maximum absolute atomic E-state index is 14.3. The first kappa shape index (κ1) is 14.5. The summed E-state index contributed by atoms with van der Waals surface area (Å²) in [4.78, 5) is 15.8. The Balaban J connectivity index is 2.24. The first-order valence-electron chi connectivity index (χ1n) is 6.52. The Kier molecular flexibility index (Phi) is 3.54. The highest BCUT2D eigenvalue weighted by Crippen LogP contribution is 2.25. The molecule has 0 unspecified atom stereocenters. The van der Waals surface area contributed by atoms with E-state index in [-0.39, 0.29) is 16.3 Å². The summed E-state index contributed by atoms with van der Waals surface area (Å²) in [6.07, 6.45) is 1.63. The summed E-state index contributed by atoms with van der Waals surface area (Å²) in [5.74, 6) is 0.359. The molecule has 0 N–H and O–H groups in total. The molecule has 2 heterocycles. The summed E-state index contributed by atoms with van der Waals surface area (Å²) in [5.41, 5.74) is 0.722. The average Bonchev–Trinajstić information content (AvgIpc) is 2.86. The topological polar surface area (TPSA) is 52.7 Å². The van der Waals surface area contributed by atoms with E-state index < -0.39 is 5.82 Å². The highest BCUT2D eigenvalue weighted by atomic mass is 35.5. The molecule has 22 heavy (non-hydrogen) atoms. The largest absolute Gasteiger partial charge is 0.318 e. The lowest BCUT2D eigenvalue weighted by molar-refractivity contribution is 0.611. The van der Waals surface area contributed by atoms with Gasteiger partial charge >= 0.3 is 0 Å². The molecule has 0 bridgehead atoms. The van der Waals surface area contributed by atoms with Crippen molar-refractivity contribution in [3.05, 3.63) is 63.5 Å². The number of hydrogen-bond donors (Lipinski definition) is 0. The molecule has 0 saturated carbocycles. The van der Waals surface area contributed by atoms with Gasteiger partial charge in [-0.1, -0.05) is 17.7 Å². The zero-order valence-corrected chi connectivity index (χ0v) is 12.7. The Morgan fingerprint density at radius 3 is 2.73 bits per heavy atom. The van der Waals surface area contributed by atoms with Crippen LogP contribution in [0.25, 0.3) is 17.1 Å². The summed E-state index contributed by atoms with van der Waals surface area (Å²) in [6.45, 7) is 1.71. The third-order valence-electron chi connectivity index (χ3n) is 3.22. The number of pyridine rings is 1. The molecule has 0 aliphatic heterocycles. The van der Waals surface area contributed by atoms with Crippen molar-refractivity contribution in [3.63, 3.8) is 0 Å². The fraction of sp³-hybridized carbons (Fsp3) is 0.133. The van der Waals surface area contributed by atoms with Crippen LogP contribution in [0.2, 0.25) is 5.02 Å². The van der Waals surface area contributed by atoms with Crippen molar-refractivity contribution in [2.75, 3.05) is 0 Å². The number of rotatable bonds is 2. The van der Waals surface area contributed by atoms with Gasteiger partial charge < -0.3 is 4.57 Å². The molecule has 0 saturated heterocycles. The SMILES string of the molecule is Cc1nc(-c2ccc(=O)n(C)c2)n(-c2cccc(Cl)c2F)n1. The van der Waals surface area contributed by atoms with Gasteiger partial charge in [0, 0.05) is 24.9 Å². The lowest BCUT2D eigenvalue weighted by Gasteiger charge is -2.08. The molecule has 3 rings (SSSR count). The standard InChI is InChI=1S/C15H12ClFN4O/c1-9-18-15(10-6-7-13(22)20(2)8-10)21(19-9)12-5-3-4-11(16)14(12)17/h3-8H,1-2H3. The van der Waals surface area contributed by atoms with Crippen molar-refractivity contribution >= 4 is 11.6 Å². The first-order chi connectivity index (χ1) is 10.5. The number of aryl methyl sites for hydroxylation is 2. The van der Waals surface area contributed by atoms with E-state index in [1.165, 1.54) is 21.4 Å². The Hall–Kier alpha value is -2.47. The lowest BCUT2D eigenvalue weighted by Crippen LogP contribution is -2.14. The Labute approximate surface area is 130 Å². The van der Waals surface area contributed by atoms with E-state index in [9.17, 15) is 9.18 Å². The van der Waals surface area contributed by atoms with Gasteiger partial charge in [-0.3, -0.25) is 4.79 Å². The molecular weight excluding hydrogens is 307 g/mol. The zero-order valence-electron chi connectivity index (χ0n) is 11.9. The number of nitrogens with zero attached hydrogens (tertiary/aromatic N) is 4. The number of halogens is 2. The molecule has 0 aliphatic rings. The summed E-state index contributed by atoms with van der Waals surface area (Å²) in [7, 11) is 1.64. The van der Waals surface area contributed by atoms with Gasteiger partial charge in [-0.2, -0.15) is 5.10 Å². The van der Waals surface area contributed by atoms with Crippen molar-refractivity contribution < 1.29 is 4.39 Å².